The largest absolute Gasteiger partial charge is 0.379 e. The summed E-state index contributed by atoms with van der Waals surface area (Å²) in [5.41, 5.74) is 0. The van der Waals surface area contributed by atoms with E-state index in [0.29, 0.717) is 25.0 Å². The van der Waals surface area contributed by atoms with Crippen LogP contribution in [0, 0.1) is 5.92 Å². The van der Waals surface area contributed by atoms with Gasteiger partial charge in [-0.25, -0.2) is 4.79 Å². The second-order valence-corrected chi connectivity index (χ2v) is 6.66. The van der Waals surface area contributed by atoms with E-state index in [1.54, 1.807) is 6.92 Å². The van der Waals surface area contributed by atoms with Crippen LogP contribution in [0.2, 0.25) is 0 Å². The summed E-state index contributed by atoms with van der Waals surface area (Å²) in [6, 6.07) is -0.529. The summed E-state index contributed by atoms with van der Waals surface area (Å²) >= 11 is 0. The van der Waals surface area contributed by atoms with Gasteiger partial charge in [0, 0.05) is 32.2 Å². The molecule has 1 aliphatic heterocycles. The Balaban J connectivity index is 2.51. The van der Waals surface area contributed by atoms with Crippen molar-refractivity contribution in [2.24, 2.45) is 5.92 Å². The second kappa shape index (κ2) is 12.1. The predicted molar refractivity (Wildman–Crippen MR) is 99.5 cm³/mol. The first-order valence-electron chi connectivity index (χ1n) is 9.67. The molecule has 0 spiro atoms. The minimum atomic E-state index is -0.540. The molecule has 0 aromatic rings. The number of ether oxygens (including phenoxy) is 1. The van der Waals surface area contributed by atoms with Crippen molar-refractivity contribution in [3.63, 3.8) is 0 Å². The van der Waals surface area contributed by atoms with Crippen LogP contribution < -0.4 is 16.0 Å². The molecule has 1 rings (SSSR count). The summed E-state index contributed by atoms with van der Waals surface area (Å²) in [7, 11) is 0. The Bertz CT molecular complexity index is 396. The number of rotatable bonds is 10. The third kappa shape index (κ3) is 7.61. The zero-order chi connectivity index (χ0) is 18.7. The molecule has 1 aliphatic rings. The maximum absolute atomic E-state index is 12.2. The second-order valence-electron chi connectivity index (χ2n) is 6.66. The van der Waals surface area contributed by atoms with Crippen molar-refractivity contribution >= 4 is 11.9 Å². The third-order valence-corrected chi connectivity index (χ3v) is 4.87. The molecule has 25 heavy (non-hydrogen) atoms. The van der Waals surface area contributed by atoms with Gasteiger partial charge in [-0.3, -0.25) is 9.69 Å². The van der Waals surface area contributed by atoms with E-state index < -0.39 is 6.04 Å². The van der Waals surface area contributed by atoms with Crippen LogP contribution in [0.15, 0.2) is 0 Å². The highest BCUT2D eigenvalue weighted by atomic mass is 16.5. The highest BCUT2D eigenvalue weighted by Crippen LogP contribution is 2.19. The summed E-state index contributed by atoms with van der Waals surface area (Å²) in [4.78, 5) is 26.4. The number of hydrogen-bond donors (Lipinski definition) is 3. The monoisotopic (exact) mass is 356 g/mol. The lowest BCUT2D eigenvalue weighted by Gasteiger charge is -2.38. The fourth-order valence-electron chi connectivity index (χ4n) is 3.25. The van der Waals surface area contributed by atoms with Gasteiger partial charge in [-0.05, 0) is 19.3 Å². The van der Waals surface area contributed by atoms with E-state index in [4.69, 9.17) is 4.74 Å². The first-order valence-corrected chi connectivity index (χ1v) is 9.67. The van der Waals surface area contributed by atoms with Crippen molar-refractivity contribution in [1.82, 2.24) is 20.9 Å². The van der Waals surface area contributed by atoms with Crippen molar-refractivity contribution < 1.29 is 14.3 Å². The average molecular weight is 357 g/mol. The SMILES string of the molecule is CCCNC(=O)[C@@H](C)NC(=O)NC[C@H](C(CC)CC)N1CCOCC1. The number of nitrogens with zero attached hydrogens (tertiary/aromatic N) is 1. The minimum absolute atomic E-state index is 0.151. The van der Waals surface area contributed by atoms with Crippen LogP contribution in [0.4, 0.5) is 4.79 Å². The van der Waals surface area contributed by atoms with E-state index in [-0.39, 0.29) is 11.9 Å². The Labute approximate surface area is 152 Å². The first-order chi connectivity index (χ1) is 12.0. The van der Waals surface area contributed by atoms with Gasteiger partial charge in [0.15, 0.2) is 0 Å². The zero-order valence-corrected chi connectivity index (χ0v) is 16.3. The number of urea groups is 1. The van der Waals surface area contributed by atoms with Crippen LogP contribution in [0.5, 0.6) is 0 Å². The lowest BCUT2D eigenvalue weighted by Crippen LogP contribution is -2.54. The molecule has 0 saturated carbocycles. The Kier molecular flexibility index (Phi) is 10.5. The van der Waals surface area contributed by atoms with Gasteiger partial charge in [-0.1, -0.05) is 33.6 Å². The highest BCUT2D eigenvalue weighted by Gasteiger charge is 2.27. The van der Waals surface area contributed by atoms with Gasteiger partial charge >= 0.3 is 6.03 Å². The molecule has 3 N–H and O–H groups in total. The Morgan fingerprint density at radius 3 is 2.28 bits per heavy atom. The van der Waals surface area contributed by atoms with E-state index in [1.165, 1.54) is 0 Å². The number of hydrogen-bond acceptors (Lipinski definition) is 4. The Morgan fingerprint density at radius 2 is 1.72 bits per heavy atom. The van der Waals surface area contributed by atoms with E-state index in [2.05, 4.69) is 34.7 Å². The lowest BCUT2D eigenvalue weighted by atomic mass is 9.92. The number of nitrogens with one attached hydrogen (secondary N) is 3. The zero-order valence-electron chi connectivity index (χ0n) is 16.3. The van der Waals surface area contributed by atoms with Crippen LogP contribution in [0.1, 0.15) is 47.0 Å². The molecule has 7 nitrogen and oxygen atoms in total. The van der Waals surface area contributed by atoms with E-state index in [9.17, 15) is 9.59 Å². The van der Waals surface area contributed by atoms with E-state index in [0.717, 1.165) is 45.6 Å². The van der Waals surface area contributed by atoms with Crippen molar-refractivity contribution in [1.29, 1.82) is 0 Å². The molecular weight excluding hydrogens is 320 g/mol. The summed E-state index contributed by atoms with van der Waals surface area (Å²) in [6.45, 7) is 12.6. The summed E-state index contributed by atoms with van der Waals surface area (Å²) in [5, 5.41) is 8.46. The molecule has 3 amide bonds. The molecule has 146 valence electrons. The van der Waals surface area contributed by atoms with Gasteiger partial charge in [0.1, 0.15) is 6.04 Å². The molecule has 1 heterocycles. The quantitative estimate of drug-likeness (QED) is 0.552. The van der Waals surface area contributed by atoms with Crippen LogP contribution in [0.3, 0.4) is 0 Å². The molecule has 0 bridgehead atoms. The fraction of sp³-hybridized carbons (Fsp3) is 0.889. The number of carbonyl (C=O) groups excluding carboxylic acids is 2. The maximum Gasteiger partial charge on any atom is 0.315 e. The van der Waals surface area contributed by atoms with Gasteiger partial charge in [0.2, 0.25) is 5.91 Å². The highest BCUT2D eigenvalue weighted by molar-refractivity contribution is 5.86. The molecule has 0 unspecified atom stereocenters. The van der Waals surface area contributed by atoms with Gasteiger partial charge in [0.25, 0.3) is 0 Å². The van der Waals surface area contributed by atoms with Crippen molar-refractivity contribution in [3.05, 3.63) is 0 Å². The third-order valence-electron chi connectivity index (χ3n) is 4.87. The first kappa shape index (κ1) is 21.7. The Hall–Kier alpha value is -1.34. The molecule has 7 heteroatoms. The van der Waals surface area contributed by atoms with Gasteiger partial charge < -0.3 is 20.7 Å². The van der Waals surface area contributed by atoms with E-state index in [1.807, 2.05) is 6.92 Å². The summed E-state index contributed by atoms with van der Waals surface area (Å²) in [5.74, 6) is 0.380. The number of morpholine rings is 1. The standard InChI is InChI=1S/C18H36N4O3/c1-5-8-19-17(23)14(4)21-18(24)20-13-16(15(6-2)7-3)22-9-11-25-12-10-22/h14-16H,5-13H2,1-4H3,(H,19,23)(H2,20,21,24)/t14-,16-/m1/s1. The molecule has 1 fully saturated rings. The van der Waals surface area contributed by atoms with Gasteiger partial charge in [0.05, 0.1) is 13.2 Å². The summed E-state index contributed by atoms with van der Waals surface area (Å²) < 4.78 is 5.45. The van der Waals surface area contributed by atoms with Crippen molar-refractivity contribution in [2.45, 2.75) is 59.0 Å². The normalized spacial score (nSPS) is 17.8. The smallest absolute Gasteiger partial charge is 0.315 e. The van der Waals surface area contributed by atoms with Crippen LogP contribution in [-0.2, 0) is 9.53 Å². The lowest BCUT2D eigenvalue weighted by molar-refractivity contribution is -0.122. The van der Waals surface area contributed by atoms with Crippen molar-refractivity contribution in [2.75, 3.05) is 39.4 Å². The Morgan fingerprint density at radius 1 is 1.08 bits per heavy atom. The molecule has 0 aromatic carbocycles. The molecule has 2 atom stereocenters. The fourth-order valence-corrected chi connectivity index (χ4v) is 3.25. The van der Waals surface area contributed by atoms with Crippen LogP contribution in [0.25, 0.3) is 0 Å². The van der Waals surface area contributed by atoms with Crippen molar-refractivity contribution in [3.8, 4) is 0 Å². The van der Waals surface area contributed by atoms with E-state index >= 15 is 0 Å². The summed E-state index contributed by atoms with van der Waals surface area (Å²) in [6.07, 6.45) is 3.04. The number of amides is 3. The molecule has 0 aliphatic carbocycles. The predicted octanol–water partition coefficient (Wildman–Crippen LogP) is 1.34. The van der Waals surface area contributed by atoms with Gasteiger partial charge in [-0.15, -0.1) is 0 Å². The minimum Gasteiger partial charge on any atom is -0.379 e. The molecule has 1 saturated heterocycles. The topological polar surface area (TPSA) is 82.7 Å². The maximum atomic E-state index is 12.2. The van der Waals surface area contributed by atoms with Crippen LogP contribution in [-0.4, -0.2) is 68.3 Å². The van der Waals surface area contributed by atoms with Crippen LogP contribution >= 0.6 is 0 Å². The molecular formula is C18H36N4O3. The van der Waals surface area contributed by atoms with Gasteiger partial charge in [-0.2, -0.15) is 0 Å². The number of carbonyl (C=O) groups is 2. The molecule has 0 radical (unpaired) electrons. The average Bonchev–Trinajstić information content (AvgIpc) is 2.63. The molecule has 0 aromatic heterocycles.